The number of benzene rings is 1. The molecule has 1 heterocycles. The van der Waals surface area contributed by atoms with Crippen LogP contribution in [0.2, 0.25) is 0 Å². The predicted molar refractivity (Wildman–Crippen MR) is 103 cm³/mol. The van der Waals surface area contributed by atoms with Crippen LogP contribution in [0.25, 0.3) is 0 Å². The Labute approximate surface area is 152 Å². The van der Waals surface area contributed by atoms with Crippen molar-refractivity contribution >= 4 is 6.03 Å². The average molecular weight is 341 g/mol. The van der Waals surface area contributed by atoms with Gasteiger partial charge in [0, 0.05) is 24.2 Å². The second-order valence-corrected chi connectivity index (χ2v) is 7.38. The zero-order chi connectivity index (χ0) is 18.1. The molecule has 1 saturated heterocycles. The Morgan fingerprint density at radius 1 is 1.28 bits per heavy atom. The summed E-state index contributed by atoms with van der Waals surface area (Å²) in [5.74, 6) is 6.80. The predicted octanol–water partition coefficient (Wildman–Crippen LogP) is 3.24. The van der Waals surface area contributed by atoms with Gasteiger partial charge in [0.05, 0.1) is 6.54 Å². The van der Waals surface area contributed by atoms with E-state index < -0.39 is 0 Å². The summed E-state index contributed by atoms with van der Waals surface area (Å²) in [5, 5.41) is 5.80. The molecular formula is C21H31N3O. The molecule has 0 radical (unpaired) electrons. The largest absolute Gasteiger partial charge is 0.336 e. The van der Waals surface area contributed by atoms with E-state index in [0.29, 0.717) is 13.1 Å². The van der Waals surface area contributed by atoms with Crippen LogP contribution in [0.15, 0.2) is 30.3 Å². The highest BCUT2D eigenvalue weighted by Gasteiger charge is 2.31. The molecule has 1 aromatic carbocycles. The lowest BCUT2D eigenvalue weighted by molar-refractivity contribution is 0.0666. The molecule has 2 rings (SSSR count). The number of urea groups is 1. The van der Waals surface area contributed by atoms with E-state index in [1.807, 2.05) is 30.3 Å². The van der Waals surface area contributed by atoms with Gasteiger partial charge in [0.1, 0.15) is 0 Å². The monoisotopic (exact) mass is 341 g/mol. The second-order valence-electron chi connectivity index (χ2n) is 7.38. The van der Waals surface area contributed by atoms with Crippen LogP contribution in [-0.4, -0.2) is 42.6 Å². The molecule has 0 spiro atoms. The van der Waals surface area contributed by atoms with Crippen LogP contribution >= 0.6 is 0 Å². The Kier molecular flexibility index (Phi) is 7.33. The standard InChI is InChI=1S/C21H31N3O/c1-4-18-13-9-15-24(16-18)21(2,3)17-23-20(25)22-14-8-12-19-10-6-5-7-11-19/h5-7,10-11,18H,4,9,13-17H2,1-3H3,(H2,22,23,25). The highest BCUT2D eigenvalue weighted by Crippen LogP contribution is 2.25. The molecule has 1 aliphatic heterocycles. The lowest BCUT2D eigenvalue weighted by atomic mass is 9.91. The highest BCUT2D eigenvalue weighted by molar-refractivity contribution is 5.74. The van der Waals surface area contributed by atoms with Gasteiger partial charge < -0.3 is 10.6 Å². The second kappa shape index (κ2) is 9.48. The van der Waals surface area contributed by atoms with Crippen molar-refractivity contribution < 1.29 is 4.79 Å². The first-order valence-electron chi connectivity index (χ1n) is 9.32. The average Bonchev–Trinajstić information content (AvgIpc) is 2.64. The van der Waals surface area contributed by atoms with E-state index in [-0.39, 0.29) is 11.6 Å². The van der Waals surface area contributed by atoms with Crippen molar-refractivity contribution in [3.63, 3.8) is 0 Å². The summed E-state index contributed by atoms with van der Waals surface area (Å²) in [6.07, 6.45) is 3.82. The van der Waals surface area contributed by atoms with Gasteiger partial charge in [-0.25, -0.2) is 4.79 Å². The minimum Gasteiger partial charge on any atom is -0.336 e. The smallest absolute Gasteiger partial charge is 0.315 e. The number of nitrogens with one attached hydrogen (secondary N) is 2. The fourth-order valence-electron chi connectivity index (χ4n) is 3.21. The summed E-state index contributed by atoms with van der Waals surface area (Å²) in [6.45, 7) is 9.93. The number of amides is 2. The summed E-state index contributed by atoms with van der Waals surface area (Å²) in [5.41, 5.74) is 0.933. The summed E-state index contributed by atoms with van der Waals surface area (Å²) in [4.78, 5) is 14.5. The Morgan fingerprint density at radius 3 is 2.76 bits per heavy atom. The number of carbonyl (C=O) groups excluding carboxylic acids is 1. The van der Waals surface area contributed by atoms with Crippen molar-refractivity contribution in [2.45, 2.75) is 45.6 Å². The van der Waals surface area contributed by atoms with Gasteiger partial charge in [-0.15, -0.1) is 0 Å². The summed E-state index contributed by atoms with van der Waals surface area (Å²) in [7, 11) is 0. The first-order valence-corrected chi connectivity index (χ1v) is 9.32. The number of piperidine rings is 1. The number of likely N-dealkylation sites (tertiary alicyclic amines) is 1. The minimum absolute atomic E-state index is 0.0269. The highest BCUT2D eigenvalue weighted by atomic mass is 16.2. The third-order valence-electron chi connectivity index (χ3n) is 4.98. The van der Waals surface area contributed by atoms with Gasteiger partial charge in [-0.1, -0.05) is 43.4 Å². The fraction of sp³-hybridized carbons (Fsp3) is 0.571. The molecule has 1 atom stereocenters. The molecule has 1 fully saturated rings. The van der Waals surface area contributed by atoms with Crippen LogP contribution in [-0.2, 0) is 0 Å². The molecule has 1 unspecified atom stereocenters. The van der Waals surface area contributed by atoms with Gasteiger partial charge in [0.25, 0.3) is 0 Å². The van der Waals surface area contributed by atoms with Gasteiger partial charge in [0.2, 0.25) is 0 Å². The lowest BCUT2D eigenvalue weighted by Crippen LogP contribution is -2.55. The van der Waals surface area contributed by atoms with Gasteiger partial charge in [-0.05, 0) is 51.3 Å². The quantitative estimate of drug-likeness (QED) is 0.808. The van der Waals surface area contributed by atoms with E-state index in [9.17, 15) is 4.79 Å². The zero-order valence-corrected chi connectivity index (χ0v) is 15.8. The molecule has 4 nitrogen and oxygen atoms in total. The maximum atomic E-state index is 12.0. The van der Waals surface area contributed by atoms with Crippen LogP contribution in [0, 0.1) is 17.8 Å². The van der Waals surface area contributed by atoms with E-state index in [4.69, 9.17) is 0 Å². The van der Waals surface area contributed by atoms with Crippen LogP contribution in [0.1, 0.15) is 45.6 Å². The van der Waals surface area contributed by atoms with Crippen molar-refractivity contribution in [1.82, 2.24) is 15.5 Å². The van der Waals surface area contributed by atoms with E-state index in [1.165, 1.54) is 19.3 Å². The van der Waals surface area contributed by atoms with Gasteiger partial charge >= 0.3 is 6.03 Å². The van der Waals surface area contributed by atoms with E-state index >= 15 is 0 Å². The summed E-state index contributed by atoms with van der Waals surface area (Å²) in [6, 6.07) is 9.63. The van der Waals surface area contributed by atoms with Crippen LogP contribution in [0.5, 0.6) is 0 Å². The molecule has 25 heavy (non-hydrogen) atoms. The molecule has 1 aromatic rings. The number of nitrogens with zero attached hydrogens (tertiary/aromatic N) is 1. The fourth-order valence-corrected chi connectivity index (χ4v) is 3.21. The Hall–Kier alpha value is -1.99. The number of hydrogen-bond acceptors (Lipinski definition) is 2. The van der Waals surface area contributed by atoms with Crippen LogP contribution in [0.4, 0.5) is 4.79 Å². The molecule has 0 aliphatic carbocycles. The molecular weight excluding hydrogens is 310 g/mol. The third-order valence-corrected chi connectivity index (χ3v) is 4.98. The van der Waals surface area contributed by atoms with Crippen molar-refractivity contribution in [1.29, 1.82) is 0 Å². The molecule has 0 aromatic heterocycles. The van der Waals surface area contributed by atoms with Crippen molar-refractivity contribution in [2.75, 3.05) is 26.2 Å². The Balaban J connectivity index is 1.72. The minimum atomic E-state index is -0.153. The number of carbonyl (C=O) groups is 1. The first kappa shape index (κ1) is 19.3. The summed E-state index contributed by atoms with van der Waals surface area (Å²) < 4.78 is 0. The zero-order valence-electron chi connectivity index (χ0n) is 15.8. The van der Waals surface area contributed by atoms with Gasteiger partial charge in [-0.3, -0.25) is 4.90 Å². The van der Waals surface area contributed by atoms with Crippen LogP contribution in [0.3, 0.4) is 0 Å². The molecule has 0 saturated carbocycles. The third kappa shape index (κ3) is 6.43. The van der Waals surface area contributed by atoms with Gasteiger partial charge in [0.15, 0.2) is 0 Å². The Bertz CT molecular complexity index is 601. The normalized spacial score (nSPS) is 18.1. The van der Waals surface area contributed by atoms with Crippen molar-refractivity contribution in [2.24, 2.45) is 5.92 Å². The van der Waals surface area contributed by atoms with Crippen molar-refractivity contribution in [3.05, 3.63) is 35.9 Å². The van der Waals surface area contributed by atoms with Crippen molar-refractivity contribution in [3.8, 4) is 11.8 Å². The van der Waals surface area contributed by atoms with E-state index in [2.05, 4.69) is 48.1 Å². The summed E-state index contributed by atoms with van der Waals surface area (Å²) >= 11 is 0. The lowest BCUT2D eigenvalue weighted by Gasteiger charge is -2.43. The molecule has 1 aliphatic rings. The van der Waals surface area contributed by atoms with Crippen LogP contribution < -0.4 is 10.6 Å². The number of hydrogen-bond donors (Lipinski definition) is 2. The van der Waals surface area contributed by atoms with E-state index in [1.54, 1.807) is 0 Å². The molecule has 136 valence electrons. The topological polar surface area (TPSA) is 44.4 Å². The molecule has 2 amide bonds. The maximum Gasteiger partial charge on any atom is 0.315 e. The Morgan fingerprint density at radius 2 is 2.04 bits per heavy atom. The molecule has 4 heteroatoms. The SMILES string of the molecule is CCC1CCCN(C(C)(C)CNC(=O)NCC#Cc2ccccc2)C1. The van der Waals surface area contributed by atoms with E-state index in [0.717, 1.165) is 24.6 Å². The molecule has 2 N–H and O–H groups in total. The first-order chi connectivity index (χ1) is 12.0. The molecule has 0 bridgehead atoms. The number of rotatable bonds is 5. The van der Waals surface area contributed by atoms with Gasteiger partial charge in [-0.2, -0.15) is 0 Å². The maximum absolute atomic E-state index is 12.0.